The highest BCUT2D eigenvalue weighted by Gasteiger charge is 2.99. The van der Waals surface area contributed by atoms with Crippen molar-refractivity contribution < 1.29 is 36.6 Å². The first-order chi connectivity index (χ1) is 5.00. The van der Waals surface area contributed by atoms with Gasteiger partial charge in [-0.15, -0.1) is 0 Å². The number of rotatable bonds is 0. The molecule has 0 heterocycles. The van der Waals surface area contributed by atoms with Gasteiger partial charge in [-0.05, 0) is 0 Å². The van der Waals surface area contributed by atoms with E-state index in [4.69, 9.17) is 10.2 Å². The van der Waals surface area contributed by atoms with Gasteiger partial charge in [0.05, 0.1) is 0 Å². The first-order valence-corrected chi connectivity index (χ1v) is 2.58. The molecule has 0 saturated heterocycles. The minimum Gasteiger partial charge on any atom is -0.352 e. The van der Waals surface area contributed by atoms with Crippen LogP contribution in [0.4, 0.5) is 26.3 Å². The van der Waals surface area contributed by atoms with E-state index in [1.165, 1.54) is 0 Å². The molecule has 2 atom stereocenters. The molecule has 0 spiro atoms. The molecule has 0 aromatic carbocycles. The Labute approximate surface area is 61.4 Å². The molecule has 1 saturated carbocycles. The van der Waals surface area contributed by atoms with Crippen LogP contribution >= 0.6 is 0 Å². The van der Waals surface area contributed by atoms with Crippen LogP contribution < -0.4 is 0 Å². The van der Waals surface area contributed by atoms with Gasteiger partial charge in [-0.2, -0.15) is 26.3 Å². The van der Waals surface area contributed by atoms with Crippen LogP contribution in [-0.4, -0.2) is 33.8 Å². The van der Waals surface area contributed by atoms with Crippen molar-refractivity contribution in [1.82, 2.24) is 0 Å². The summed E-state index contributed by atoms with van der Waals surface area (Å²) in [5, 5.41) is 15.6. The molecule has 1 rings (SSSR count). The van der Waals surface area contributed by atoms with Gasteiger partial charge in [0.1, 0.15) is 0 Å². The molecule has 12 heavy (non-hydrogen) atoms. The summed E-state index contributed by atoms with van der Waals surface area (Å²) in [7, 11) is 0. The van der Waals surface area contributed by atoms with Crippen molar-refractivity contribution in [2.24, 2.45) is 0 Å². The Morgan fingerprint density at radius 1 is 0.583 bits per heavy atom. The monoisotopic (exact) mass is 196 g/mol. The lowest BCUT2D eigenvalue weighted by atomic mass is 9.77. The van der Waals surface area contributed by atoms with Crippen molar-refractivity contribution >= 4 is 0 Å². The second-order valence-corrected chi connectivity index (χ2v) is 2.39. The van der Waals surface area contributed by atoms with Crippen molar-refractivity contribution in [1.29, 1.82) is 0 Å². The second kappa shape index (κ2) is 1.72. The molecule has 8 heteroatoms. The van der Waals surface area contributed by atoms with Gasteiger partial charge >= 0.3 is 23.6 Å². The van der Waals surface area contributed by atoms with Crippen LogP contribution in [0, 0.1) is 0 Å². The van der Waals surface area contributed by atoms with E-state index in [0.29, 0.717) is 0 Å². The number of hydrogen-bond acceptors (Lipinski definition) is 2. The molecule has 1 aliphatic carbocycles. The average Bonchev–Trinajstić information content (AvgIpc) is 1.84. The van der Waals surface area contributed by atoms with Gasteiger partial charge in [0.2, 0.25) is 0 Å². The van der Waals surface area contributed by atoms with E-state index in [1.54, 1.807) is 0 Å². The zero-order valence-corrected chi connectivity index (χ0v) is 5.16. The molecule has 0 radical (unpaired) electrons. The highest BCUT2D eigenvalue weighted by Crippen LogP contribution is 2.65. The molecular weight excluding hydrogens is 194 g/mol. The number of alkyl halides is 6. The van der Waals surface area contributed by atoms with Crippen molar-refractivity contribution in [2.75, 3.05) is 0 Å². The number of aliphatic hydroxyl groups is 2. The van der Waals surface area contributed by atoms with Crippen LogP contribution in [0.5, 0.6) is 0 Å². The van der Waals surface area contributed by atoms with Crippen molar-refractivity contribution in [3.63, 3.8) is 0 Å². The van der Waals surface area contributed by atoms with Crippen LogP contribution in [0.1, 0.15) is 0 Å². The molecule has 0 bridgehead atoms. The fraction of sp³-hybridized carbons (Fsp3) is 1.00. The summed E-state index contributed by atoms with van der Waals surface area (Å²) in [5.41, 5.74) is 0. The van der Waals surface area contributed by atoms with Crippen LogP contribution in [0.15, 0.2) is 0 Å². The van der Waals surface area contributed by atoms with Gasteiger partial charge in [0.15, 0.2) is 0 Å². The van der Waals surface area contributed by atoms with E-state index in [1.807, 2.05) is 0 Å². The molecule has 0 aromatic rings. The zero-order chi connectivity index (χ0) is 10.0. The van der Waals surface area contributed by atoms with Crippen molar-refractivity contribution in [3.8, 4) is 0 Å². The maximum absolute atomic E-state index is 12.0. The molecule has 72 valence electrons. The lowest BCUT2D eigenvalue weighted by Gasteiger charge is -2.52. The summed E-state index contributed by atoms with van der Waals surface area (Å²) in [4.78, 5) is 0. The lowest BCUT2D eigenvalue weighted by molar-refractivity contribution is -0.543. The number of hydrogen-bond donors (Lipinski definition) is 2. The second-order valence-electron chi connectivity index (χ2n) is 2.39. The molecule has 0 aromatic heterocycles. The van der Waals surface area contributed by atoms with Crippen LogP contribution in [0.25, 0.3) is 0 Å². The summed E-state index contributed by atoms with van der Waals surface area (Å²) < 4.78 is 71.2. The van der Waals surface area contributed by atoms with Crippen molar-refractivity contribution in [2.45, 2.75) is 23.6 Å². The third kappa shape index (κ3) is 0.545. The van der Waals surface area contributed by atoms with E-state index < -0.39 is 23.6 Å². The maximum atomic E-state index is 12.0. The highest BCUT2D eigenvalue weighted by atomic mass is 19.3. The summed E-state index contributed by atoms with van der Waals surface area (Å²) in [6.07, 6.45) is 0. The lowest BCUT2D eigenvalue weighted by Crippen LogP contribution is -2.86. The van der Waals surface area contributed by atoms with Crippen molar-refractivity contribution in [3.05, 3.63) is 0 Å². The first-order valence-electron chi connectivity index (χ1n) is 2.58. The van der Waals surface area contributed by atoms with E-state index in [0.717, 1.165) is 0 Å². The normalized spacial score (nSPS) is 50.0. The predicted molar refractivity (Wildman–Crippen MR) is 22.0 cm³/mol. The molecule has 1 aliphatic rings. The minimum atomic E-state index is -5.62. The largest absolute Gasteiger partial charge is 0.379 e. The first kappa shape index (κ1) is 9.59. The Balaban J connectivity index is 3.16. The summed E-state index contributed by atoms with van der Waals surface area (Å²) in [5.74, 6) is -21.7. The molecule has 1 fully saturated rings. The molecule has 0 amide bonds. The van der Waals surface area contributed by atoms with Crippen LogP contribution in [0.2, 0.25) is 0 Å². The van der Waals surface area contributed by atoms with Gasteiger partial charge in [0, 0.05) is 0 Å². The third-order valence-corrected chi connectivity index (χ3v) is 1.67. The maximum Gasteiger partial charge on any atom is 0.379 e. The molecule has 2 unspecified atom stereocenters. The molecule has 0 aliphatic heterocycles. The molecular formula is C4H2F6O2. The van der Waals surface area contributed by atoms with Crippen LogP contribution in [-0.2, 0) is 0 Å². The average molecular weight is 196 g/mol. The smallest absolute Gasteiger partial charge is 0.352 e. The van der Waals surface area contributed by atoms with E-state index in [-0.39, 0.29) is 0 Å². The fourth-order valence-electron chi connectivity index (χ4n) is 0.770. The predicted octanol–water partition coefficient (Wildman–Crippen LogP) is 0.587. The Hall–Kier alpha value is -0.500. The van der Waals surface area contributed by atoms with E-state index in [2.05, 4.69) is 0 Å². The third-order valence-electron chi connectivity index (χ3n) is 1.67. The summed E-state index contributed by atoms with van der Waals surface area (Å²) in [6.45, 7) is 0. The topological polar surface area (TPSA) is 40.5 Å². The number of halogens is 6. The molecule has 2 N–H and O–H groups in total. The zero-order valence-electron chi connectivity index (χ0n) is 5.16. The Kier molecular flexibility index (Phi) is 1.37. The fourth-order valence-corrected chi connectivity index (χ4v) is 0.770. The minimum absolute atomic E-state index is 5.25. The Morgan fingerprint density at radius 2 is 0.750 bits per heavy atom. The quantitative estimate of drug-likeness (QED) is 0.556. The summed E-state index contributed by atoms with van der Waals surface area (Å²) in [6, 6.07) is 0. The SMILES string of the molecule is OC1(F)C(O)(F)C(F)(F)C1(F)F. The Morgan fingerprint density at radius 3 is 0.833 bits per heavy atom. The van der Waals surface area contributed by atoms with Gasteiger partial charge in [-0.3, -0.25) is 0 Å². The van der Waals surface area contributed by atoms with Gasteiger partial charge in [-0.1, -0.05) is 0 Å². The van der Waals surface area contributed by atoms with Crippen LogP contribution in [0.3, 0.4) is 0 Å². The molecule has 2 nitrogen and oxygen atoms in total. The van der Waals surface area contributed by atoms with E-state index >= 15 is 0 Å². The summed E-state index contributed by atoms with van der Waals surface area (Å²) >= 11 is 0. The van der Waals surface area contributed by atoms with Gasteiger partial charge in [0.25, 0.3) is 0 Å². The van der Waals surface area contributed by atoms with E-state index in [9.17, 15) is 26.3 Å². The standard InChI is InChI=1S/C4H2F6O2/c5-1(6)2(7,8)4(10,12)3(1,9)11/h11-12H. The Bertz CT molecular complexity index is 158. The van der Waals surface area contributed by atoms with Gasteiger partial charge < -0.3 is 10.2 Å². The highest BCUT2D eigenvalue weighted by molar-refractivity contribution is 5.21. The van der Waals surface area contributed by atoms with Gasteiger partial charge in [-0.25, -0.2) is 0 Å².